The van der Waals surface area contributed by atoms with Gasteiger partial charge in [0.25, 0.3) is 0 Å². The Morgan fingerprint density at radius 2 is 2.10 bits per heavy atom. The molecule has 20 heavy (non-hydrogen) atoms. The van der Waals surface area contributed by atoms with Crippen LogP contribution in [0.5, 0.6) is 11.5 Å². The van der Waals surface area contributed by atoms with Crippen LogP contribution in [0.1, 0.15) is 11.1 Å². The second-order valence-electron chi connectivity index (χ2n) is 4.19. The van der Waals surface area contributed by atoms with E-state index in [0.29, 0.717) is 17.9 Å². The molecule has 2 aromatic rings. The van der Waals surface area contributed by atoms with Crippen molar-refractivity contribution >= 4 is 5.69 Å². The number of hydrogen-bond donors (Lipinski definition) is 1. The third kappa shape index (κ3) is 2.78. The fourth-order valence-corrected chi connectivity index (χ4v) is 1.83. The van der Waals surface area contributed by atoms with Crippen LogP contribution in [0, 0.1) is 17.1 Å². The highest BCUT2D eigenvalue weighted by molar-refractivity contribution is 5.52. The number of rotatable bonds is 4. The van der Waals surface area contributed by atoms with Crippen LogP contribution in [0.4, 0.5) is 10.1 Å². The molecule has 100 valence electrons. The fourth-order valence-electron chi connectivity index (χ4n) is 1.83. The SMILES string of the molecule is C=CCc1cc(N)ccc1Oc1cccc(F)c1C#N. The molecule has 0 aliphatic heterocycles. The van der Waals surface area contributed by atoms with E-state index in [2.05, 4.69) is 6.58 Å². The van der Waals surface area contributed by atoms with Gasteiger partial charge in [-0.3, -0.25) is 0 Å². The number of nitriles is 1. The van der Waals surface area contributed by atoms with Crippen molar-refractivity contribution in [1.29, 1.82) is 5.26 Å². The minimum Gasteiger partial charge on any atom is -0.456 e. The second-order valence-corrected chi connectivity index (χ2v) is 4.19. The molecule has 0 aromatic heterocycles. The molecule has 0 unspecified atom stereocenters. The Morgan fingerprint density at radius 1 is 1.30 bits per heavy atom. The number of anilines is 1. The predicted octanol–water partition coefficient (Wildman–Crippen LogP) is 3.80. The minimum absolute atomic E-state index is 0.117. The number of benzene rings is 2. The van der Waals surface area contributed by atoms with E-state index in [1.165, 1.54) is 12.1 Å². The van der Waals surface area contributed by atoms with Gasteiger partial charge in [-0.2, -0.15) is 5.26 Å². The summed E-state index contributed by atoms with van der Waals surface area (Å²) in [6, 6.07) is 11.2. The monoisotopic (exact) mass is 268 g/mol. The largest absolute Gasteiger partial charge is 0.456 e. The van der Waals surface area contributed by atoms with E-state index in [0.717, 1.165) is 5.56 Å². The maximum atomic E-state index is 13.5. The molecular weight excluding hydrogens is 255 g/mol. The molecule has 0 saturated carbocycles. The van der Waals surface area contributed by atoms with E-state index < -0.39 is 5.82 Å². The Balaban J connectivity index is 2.43. The molecule has 0 atom stereocenters. The summed E-state index contributed by atoms with van der Waals surface area (Å²) in [7, 11) is 0. The molecule has 0 saturated heterocycles. The van der Waals surface area contributed by atoms with Gasteiger partial charge in [0.15, 0.2) is 0 Å². The lowest BCUT2D eigenvalue weighted by Gasteiger charge is -2.12. The molecule has 0 heterocycles. The smallest absolute Gasteiger partial charge is 0.148 e. The van der Waals surface area contributed by atoms with Gasteiger partial charge in [0.1, 0.15) is 28.9 Å². The average Bonchev–Trinajstić information content (AvgIpc) is 2.42. The first kappa shape index (κ1) is 13.6. The number of nitrogens with two attached hydrogens (primary N) is 1. The number of nitrogen functional groups attached to an aromatic ring is 1. The Labute approximate surface area is 116 Å². The van der Waals surface area contributed by atoms with Crippen LogP contribution in [0.15, 0.2) is 49.1 Å². The number of ether oxygens (including phenoxy) is 1. The van der Waals surface area contributed by atoms with Crippen molar-refractivity contribution in [2.45, 2.75) is 6.42 Å². The third-order valence-corrected chi connectivity index (χ3v) is 2.76. The van der Waals surface area contributed by atoms with Crippen molar-refractivity contribution in [3.8, 4) is 17.6 Å². The summed E-state index contributed by atoms with van der Waals surface area (Å²) in [5.41, 5.74) is 7.04. The highest BCUT2D eigenvalue weighted by atomic mass is 19.1. The first-order valence-electron chi connectivity index (χ1n) is 6.01. The third-order valence-electron chi connectivity index (χ3n) is 2.76. The van der Waals surface area contributed by atoms with Crippen LogP contribution in [-0.4, -0.2) is 0 Å². The second kappa shape index (κ2) is 5.89. The molecule has 0 amide bonds. The number of halogens is 1. The Kier molecular flexibility index (Phi) is 4.02. The number of allylic oxidation sites excluding steroid dienone is 1. The first-order valence-corrected chi connectivity index (χ1v) is 6.01. The van der Waals surface area contributed by atoms with Crippen molar-refractivity contribution in [2.24, 2.45) is 0 Å². The molecule has 0 radical (unpaired) electrons. The van der Waals surface area contributed by atoms with Gasteiger partial charge in [0.05, 0.1) is 0 Å². The molecule has 3 nitrogen and oxygen atoms in total. The van der Waals surface area contributed by atoms with Crippen molar-refractivity contribution in [3.05, 3.63) is 66.0 Å². The lowest BCUT2D eigenvalue weighted by atomic mass is 10.1. The maximum absolute atomic E-state index is 13.5. The van der Waals surface area contributed by atoms with Gasteiger partial charge < -0.3 is 10.5 Å². The zero-order chi connectivity index (χ0) is 14.5. The van der Waals surface area contributed by atoms with Crippen LogP contribution in [0.25, 0.3) is 0 Å². The van der Waals surface area contributed by atoms with E-state index >= 15 is 0 Å². The van der Waals surface area contributed by atoms with E-state index in [-0.39, 0.29) is 11.3 Å². The molecule has 2 aromatic carbocycles. The van der Waals surface area contributed by atoms with Crippen LogP contribution >= 0.6 is 0 Å². The highest BCUT2D eigenvalue weighted by Gasteiger charge is 2.11. The van der Waals surface area contributed by atoms with E-state index in [9.17, 15) is 4.39 Å². The van der Waals surface area contributed by atoms with E-state index in [1.54, 1.807) is 36.4 Å². The van der Waals surface area contributed by atoms with Gasteiger partial charge in [0, 0.05) is 11.3 Å². The predicted molar refractivity (Wildman–Crippen MR) is 75.9 cm³/mol. The standard InChI is InChI=1S/C16H13FN2O/c1-2-4-11-9-12(19)7-8-15(11)20-16-6-3-5-14(17)13(16)10-18/h2-3,5-9H,1,4,19H2. The van der Waals surface area contributed by atoms with Crippen LogP contribution < -0.4 is 10.5 Å². The molecule has 0 fully saturated rings. The van der Waals surface area contributed by atoms with Gasteiger partial charge in [-0.1, -0.05) is 12.1 Å². The zero-order valence-corrected chi connectivity index (χ0v) is 10.8. The van der Waals surface area contributed by atoms with Gasteiger partial charge in [-0.15, -0.1) is 6.58 Å². The van der Waals surface area contributed by atoms with Gasteiger partial charge >= 0.3 is 0 Å². The summed E-state index contributed by atoms with van der Waals surface area (Å²) < 4.78 is 19.2. The Hall–Kier alpha value is -2.80. The van der Waals surface area contributed by atoms with Crippen molar-refractivity contribution < 1.29 is 9.13 Å². The molecule has 4 heteroatoms. The summed E-state index contributed by atoms with van der Waals surface area (Å²) in [4.78, 5) is 0. The number of nitrogens with zero attached hydrogens (tertiary/aromatic N) is 1. The molecule has 0 aliphatic carbocycles. The van der Waals surface area contributed by atoms with E-state index in [1.807, 2.05) is 0 Å². The van der Waals surface area contributed by atoms with Crippen LogP contribution in [-0.2, 0) is 6.42 Å². The lowest BCUT2D eigenvalue weighted by Crippen LogP contribution is -1.96. The summed E-state index contributed by atoms with van der Waals surface area (Å²) >= 11 is 0. The quantitative estimate of drug-likeness (QED) is 0.677. The van der Waals surface area contributed by atoms with Crippen LogP contribution in [0.3, 0.4) is 0 Å². The van der Waals surface area contributed by atoms with Gasteiger partial charge in [0.2, 0.25) is 0 Å². The normalized spacial score (nSPS) is 9.80. The van der Waals surface area contributed by atoms with Crippen LogP contribution in [0.2, 0.25) is 0 Å². The molecule has 0 bridgehead atoms. The molecular formula is C16H13FN2O. The van der Waals surface area contributed by atoms with E-state index in [4.69, 9.17) is 15.7 Å². The summed E-state index contributed by atoms with van der Waals surface area (Å²) in [5, 5.41) is 8.99. The molecule has 0 spiro atoms. The molecule has 2 rings (SSSR count). The Morgan fingerprint density at radius 3 is 2.80 bits per heavy atom. The molecule has 0 aliphatic rings. The van der Waals surface area contributed by atoms with Crippen molar-refractivity contribution in [1.82, 2.24) is 0 Å². The maximum Gasteiger partial charge on any atom is 0.148 e. The van der Waals surface area contributed by atoms with Crippen molar-refractivity contribution in [3.63, 3.8) is 0 Å². The fraction of sp³-hybridized carbons (Fsp3) is 0.0625. The zero-order valence-electron chi connectivity index (χ0n) is 10.8. The average molecular weight is 268 g/mol. The summed E-state index contributed by atoms with van der Waals surface area (Å²) in [5.74, 6) is 0.106. The topological polar surface area (TPSA) is 59.0 Å². The molecule has 2 N–H and O–H groups in total. The first-order chi connectivity index (χ1) is 9.65. The van der Waals surface area contributed by atoms with Crippen molar-refractivity contribution in [2.75, 3.05) is 5.73 Å². The van der Waals surface area contributed by atoms with Gasteiger partial charge in [-0.25, -0.2) is 4.39 Å². The lowest BCUT2D eigenvalue weighted by molar-refractivity contribution is 0.470. The Bertz CT molecular complexity index is 689. The summed E-state index contributed by atoms with van der Waals surface area (Å²) in [6.07, 6.45) is 2.29. The minimum atomic E-state index is -0.606. The van der Waals surface area contributed by atoms with Gasteiger partial charge in [-0.05, 0) is 36.8 Å². The summed E-state index contributed by atoms with van der Waals surface area (Å²) in [6.45, 7) is 3.67. The highest BCUT2D eigenvalue weighted by Crippen LogP contribution is 2.30. The number of hydrogen-bond acceptors (Lipinski definition) is 3.